The molecule has 0 radical (unpaired) electrons. The van der Waals surface area contributed by atoms with Crippen LogP contribution < -0.4 is 20.4 Å². The standard InChI is InChI=1S/C23H34FN9O/c1-25-21-27-22(32-11-7-30(2)8-12-32)29-23(28-21)33-13-9-31(10-14-33)17-20(34)26-16-19-6-4-3-5-18(19)15-24/h3-6H,7-17H2,1-2H3,(H,26,34)(H,25,27,28,29). The summed E-state index contributed by atoms with van der Waals surface area (Å²) < 4.78 is 13.1. The smallest absolute Gasteiger partial charge is 0.234 e. The highest BCUT2D eigenvalue weighted by Crippen LogP contribution is 2.19. The molecule has 1 aromatic heterocycles. The van der Waals surface area contributed by atoms with E-state index in [-0.39, 0.29) is 5.91 Å². The van der Waals surface area contributed by atoms with Crippen molar-refractivity contribution >= 4 is 23.8 Å². The Morgan fingerprint density at radius 2 is 1.50 bits per heavy atom. The lowest BCUT2D eigenvalue weighted by atomic mass is 10.1. The average Bonchev–Trinajstić information content (AvgIpc) is 2.88. The van der Waals surface area contributed by atoms with Crippen LogP contribution in [0.2, 0.25) is 0 Å². The quantitative estimate of drug-likeness (QED) is 0.573. The molecule has 1 aromatic carbocycles. The zero-order chi connectivity index (χ0) is 23.9. The van der Waals surface area contributed by atoms with Gasteiger partial charge in [0.2, 0.25) is 23.8 Å². The highest BCUT2D eigenvalue weighted by molar-refractivity contribution is 5.78. The molecular formula is C23H34FN9O. The highest BCUT2D eigenvalue weighted by atomic mass is 19.1. The Hall–Kier alpha value is -3.05. The molecule has 2 N–H and O–H groups in total. The van der Waals surface area contributed by atoms with Gasteiger partial charge < -0.3 is 25.3 Å². The van der Waals surface area contributed by atoms with Crippen LogP contribution in [0.1, 0.15) is 11.1 Å². The number of nitrogens with one attached hydrogen (secondary N) is 2. The van der Waals surface area contributed by atoms with E-state index in [1.165, 1.54) is 0 Å². The molecule has 4 rings (SSSR count). The Morgan fingerprint density at radius 3 is 2.09 bits per heavy atom. The number of piperazine rings is 2. The van der Waals surface area contributed by atoms with Crippen molar-refractivity contribution in [2.45, 2.75) is 13.2 Å². The van der Waals surface area contributed by atoms with E-state index in [9.17, 15) is 9.18 Å². The molecule has 184 valence electrons. The van der Waals surface area contributed by atoms with Crippen LogP contribution in [0.5, 0.6) is 0 Å². The van der Waals surface area contributed by atoms with Gasteiger partial charge in [0.1, 0.15) is 6.67 Å². The number of rotatable bonds is 8. The predicted octanol–water partition coefficient (Wildman–Crippen LogP) is 0.573. The second kappa shape index (κ2) is 11.4. The molecule has 2 aliphatic heterocycles. The molecule has 2 aromatic rings. The number of nitrogens with zero attached hydrogens (tertiary/aromatic N) is 7. The van der Waals surface area contributed by atoms with E-state index < -0.39 is 6.67 Å². The zero-order valence-corrected chi connectivity index (χ0v) is 20.0. The molecule has 0 spiro atoms. The number of aromatic nitrogens is 3. The van der Waals surface area contributed by atoms with Crippen molar-refractivity contribution in [2.75, 3.05) is 88.1 Å². The summed E-state index contributed by atoms with van der Waals surface area (Å²) in [5.74, 6) is 1.88. The lowest BCUT2D eigenvalue weighted by Gasteiger charge is -2.35. The first-order valence-electron chi connectivity index (χ1n) is 11.8. The zero-order valence-electron chi connectivity index (χ0n) is 20.0. The minimum Gasteiger partial charge on any atom is -0.357 e. The van der Waals surface area contributed by atoms with Crippen molar-refractivity contribution in [3.05, 3.63) is 35.4 Å². The summed E-state index contributed by atoms with van der Waals surface area (Å²) in [6, 6.07) is 7.25. The number of carbonyl (C=O) groups excluding carboxylic acids is 1. The molecule has 34 heavy (non-hydrogen) atoms. The summed E-state index contributed by atoms with van der Waals surface area (Å²) in [4.78, 5) is 35.1. The number of likely N-dealkylation sites (N-methyl/N-ethyl adjacent to an activating group) is 1. The van der Waals surface area contributed by atoms with E-state index in [0.717, 1.165) is 57.9 Å². The third-order valence-corrected chi connectivity index (χ3v) is 6.38. The fourth-order valence-electron chi connectivity index (χ4n) is 4.17. The van der Waals surface area contributed by atoms with Crippen LogP contribution in [-0.2, 0) is 18.0 Å². The Kier molecular flexibility index (Phi) is 8.07. The molecule has 0 bridgehead atoms. The molecule has 2 aliphatic rings. The Labute approximate surface area is 200 Å². The summed E-state index contributed by atoms with van der Waals surface area (Å²) >= 11 is 0. The van der Waals surface area contributed by atoms with Crippen molar-refractivity contribution in [1.29, 1.82) is 0 Å². The molecule has 0 aliphatic carbocycles. The van der Waals surface area contributed by atoms with Crippen LogP contribution >= 0.6 is 0 Å². The fourth-order valence-corrected chi connectivity index (χ4v) is 4.17. The number of benzene rings is 1. The second-order valence-electron chi connectivity index (χ2n) is 8.74. The largest absolute Gasteiger partial charge is 0.357 e. The lowest BCUT2D eigenvalue weighted by molar-refractivity contribution is -0.122. The topological polar surface area (TPSA) is 92.8 Å². The third kappa shape index (κ3) is 6.09. The van der Waals surface area contributed by atoms with Crippen molar-refractivity contribution < 1.29 is 9.18 Å². The number of alkyl halides is 1. The predicted molar refractivity (Wildman–Crippen MR) is 131 cm³/mol. The van der Waals surface area contributed by atoms with E-state index in [2.05, 4.69) is 47.2 Å². The van der Waals surface area contributed by atoms with Crippen LogP contribution in [0, 0.1) is 0 Å². The van der Waals surface area contributed by atoms with Gasteiger partial charge >= 0.3 is 0 Å². The molecule has 0 atom stereocenters. The first-order chi connectivity index (χ1) is 16.6. The lowest BCUT2D eigenvalue weighted by Crippen LogP contribution is -2.50. The molecule has 0 saturated carbocycles. The van der Waals surface area contributed by atoms with Gasteiger partial charge in [-0.1, -0.05) is 24.3 Å². The van der Waals surface area contributed by atoms with E-state index in [4.69, 9.17) is 4.98 Å². The summed E-state index contributed by atoms with van der Waals surface area (Å²) in [5, 5.41) is 5.97. The van der Waals surface area contributed by atoms with E-state index in [0.29, 0.717) is 36.5 Å². The molecule has 2 fully saturated rings. The molecule has 2 saturated heterocycles. The second-order valence-corrected chi connectivity index (χ2v) is 8.74. The molecular weight excluding hydrogens is 437 g/mol. The van der Waals surface area contributed by atoms with Gasteiger partial charge in [0.15, 0.2) is 0 Å². The molecule has 11 heteroatoms. The maximum Gasteiger partial charge on any atom is 0.234 e. The molecule has 3 heterocycles. The normalized spacial score (nSPS) is 17.6. The number of hydrogen-bond donors (Lipinski definition) is 2. The van der Waals surface area contributed by atoms with Gasteiger partial charge in [-0.3, -0.25) is 9.69 Å². The van der Waals surface area contributed by atoms with Crippen LogP contribution in [-0.4, -0.2) is 104 Å². The summed E-state index contributed by atoms with van der Waals surface area (Å²) in [7, 11) is 3.94. The number of anilines is 3. The third-order valence-electron chi connectivity index (χ3n) is 6.38. The van der Waals surface area contributed by atoms with Gasteiger partial charge in [0, 0.05) is 66.0 Å². The van der Waals surface area contributed by atoms with E-state index >= 15 is 0 Å². The summed E-state index contributed by atoms with van der Waals surface area (Å²) in [6.07, 6.45) is 0. The van der Waals surface area contributed by atoms with E-state index in [1.807, 2.05) is 19.2 Å². The fraction of sp³-hybridized carbons (Fsp3) is 0.565. The summed E-state index contributed by atoms with van der Waals surface area (Å²) in [6.45, 7) is 6.80. The van der Waals surface area contributed by atoms with Crippen LogP contribution in [0.4, 0.5) is 22.2 Å². The number of halogens is 1. The van der Waals surface area contributed by atoms with Gasteiger partial charge in [-0.15, -0.1) is 0 Å². The van der Waals surface area contributed by atoms with Crippen molar-refractivity contribution in [3.8, 4) is 0 Å². The minimum absolute atomic E-state index is 0.0582. The highest BCUT2D eigenvalue weighted by Gasteiger charge is 2.24. The summed E-state index contributed by atoms with van der Waals surface area (Å²) in [5.41, 5.74) is 1.43. The Bertz CT molecular complexity index is 959. The number of carbonyl (C=O) groups is 1. The van der Waals surface area contributed by atoms with Gasteiger partial charge in [-0.25, -0.2) is 4.39 Å². The number of amides is 1. The van der Waals surface area contributed by atoms with Gasteiger partial charge in [0.05, 0.1) is 6.54 Å². The molecule has 1 amide bonds. The first kappa shape index (κ1) is 24.1. The maximum absolute atomic E-state index is 13.1. The van der Waals surface area contributed by atoms with E-state index in [1.54, 1.807) is 12.1 Å². The van der Waals surface area contributed by atoms with Crippen LogP contribution in [0.25, 0.3) is 0 Å². The number of hydrogen-bond acceptors (Lipinski definition) is 9. The van der Waals surface area contributed by atoms with Gasteiger partial charge in [-0.05, 0) is 18.2 Å². The SMILES string of the molecule is CNc1nc(N2CCN(C)CC2)nc(N2CCN(CC(=O)NCc3ccccc3CF)CC2)n1. The first-order valence-corrected chi connectivity index (χ1v) is 11.8. The van der Waals surface area contributed by atoms with Crippen LogP contribution in [0.3, 0.4) is 0 Å². The average molecular weight is 472 g/mol. The Morgan fingerprint density at radius 1 is 0.912 bits per heavy atom. The maximum atomic E-state index is 13.1. The van der Waals surface area contributed by atoms with Crippen LogP contribution in [0.15, 0.2) is 24.3 Å². The van der Waals surface area contributed by atoms with Crippen molar-refractivity contribution in [2.24, 2.45) is 0 Å². The molecule has 0 unspecified atom stereocenters. The van der Waals surface area contributed by atoms with Crippen molar-refractivity contribution in [3.63, 3.8) is 0 Å². The minimum atomic E-state index is -0.531. The van der Waals surface area contributed by atoms with Crippen molar-refractivity contribution in [1.82, 2.24) is 30.1 Å². The van der Waals surface area contributed by atoms with Gasteiger partial charge in [-0.2, -0.15) is 15.0 Å². The monoisotopic (exact) mass is 471 g/mol. The van der Waals surface area contributed by atoms with Gasteiger partial charge in [0.25, 0.3) is 0 Å². The molecule has 10 nitrogen and oxygen atoms in total. The Balaban J connectivity index is 1.30.